The van der Waals surface area contributed by atoms with Crippen LogP contribution in [0.2, 0.25) is 0 Å². The van der Waals surface area contributed by atoms with Gasteiger partial charge in [-0.3, -0.25) is 0 Å². The van der Waals surface area contributed by atoms with E-state index in [2.05, 4.69) is 41.5 Å². The standard InChI is InChI=1S/C13H24/c1-8(2)11-9(3)12(4,5)13(6)7-10(11)13/h8-11H,7H2,1-6H3. The van der Waals surface area contributed by atoms with Crippen molar-refractivity contribution >= 4 is 0 Å². The molecule has 4 unspecified atom stereocenters. The van der Waals surface area contributed by atoms with Gasteiger partial charge in [0.25, 0.3) is 0 Å². The number of rotatable bonds is 1. The Kier molecular flexibility index (Phi) is 1.71. The van der Waals surface area contributed by atoms with Gasteiger partial charge in [-0.15, -0.1) is 0 Å². The molecule has 0 N–H and O–H groups in total. The van der Waals surface area contributed by atoms with Crippen LogP contribution in [0.1, 0.15) is 48.0 Å². The maximum absolute atomic E-state index is 2.51. The molecule has 4 atom stereocenters. The predicted molar refractivity (Wildman–Crippen MR) is 57.5 cm³/mol. The van der Waals surface area contributed by atoms with Crippen LogP contribution in [0.4, 0.5) is 0 Å². The molecule has 2 aliphatic rings. The van der Waals surface area contributed by atoms with Gasteiger partial charge in [0.2, 0.25) is 0 Å². The van der Waals surface area contributed by atoms with Crippen LogP contribution in [-0.2, 0) is 0 Å². The molecule has 2 rings (SSSR count). The van der Waals surface area contributed by atoms with E-state index in [1.807, 2.05) is 0 Å². The summed E-state index contributed by atoms with van der Waals surface area (Å²) in [4.78, 5) is 0. The Morgan fingerprint density at radius 1 is 1.15 bits per heavy atom. The molecule has 2 fully saturated rings. The number of hydrogen-bond donors (Lipinski definition) is 0. The lowest BCUT2D eigenvalue weighted by molar-refractivity contribution is 0.123. The summed E-state index contributed by atoms with van der Waals surface area (Å²) >= 11 is 0. The molecule has 76 valence electrons. The molecular formula is C13H24. The molecule has 13 heavy (non-hydrogen) atoms. The highest BCUT2D eigenvalue weighted by Crippen LogP contribution is 2.76. The molecule has 0 nitrogen and oxygen atoms in total. The maximum atomic E-state index is 2.51. The van der Waals surface area contributed by atoms with E-state index in [9.17, 15) is 0 Å². The molecule has 2 saturated carbocycles. The monoisotopic (exact) mass is 180 g/mol. The highest BCUT2D eigenvalue weighted by atomic mass is 14.7. The second-order valence-electron chi connectivity index (χ2n) is 6.56. The zero-order valence-corrected chi connectivity index (χ0v) is 10.0. The van der Waals surface area contributed by atoms with Crippen LogP contribution in [0.15, 0.2) is 0 Å². The van der Waals surface area contributed by atoms with Crippen molar-refractivity contribution in [2.75, 3.05) is 0 Å². The van der Waals surface area contributed by atoms with E-state index in [1.54, 1.807) is 0 Å². The van der Waals surface area contributed by atoms with Crippen LogP contribution in [0.25, 0.3) is 0 Å². The normalized spacial score (nSPS) is 52.4. The van der Waals surface area contributed by atoms with Gasteiger partial charge in [-0.1, -0.05) is 41.5 Å². The first-order valence-electron chi connectivity index (χ1n) is 5.82. The van der Waals surface area contributed by atoms with E-state index in [0.717, 1.165) is 23.7 Å². The molecule has 0 bridgehead atoms. The third-order valence-corrected chi connectivity index (χ3v) is 5.72. The van der Waals surface area contributed by atoms with Crippen LogP contribution in [0.3, 0.4) is 0 Å². The van der Waals surface area contributed by atoms with Crippen molar-refractivity contribution in [3.63, 3.8) is 0 Å². The quantitative estimate of drug-likeness (QED) is 0.573. The van der Waals surface area contributed by atoms with Gasteiger partial charge in [0.15, 0.2) is 0 Å². The van der Waals surface area contributed by atoms with E-state index in [0.29, 0.717) is 10.8 Å². The van der Waals surface area contributed by atoms with Crippen molar-refractivity contribution < 1.29 is 0 Å². The van der Waals surface area contributed by atoms with E-state index >= 15 is 0 Å². The Bertz CT molecular complexity index is 226. The number of hydrogen-bond acceptors (Lipinski definition) is 0. The molecule has 0 amide bonds. The fraction of sp³-hybridized carbons (Fsp3) is 1.00. The minimum Gasteiger partial charge on any atom is -0.0625 e. The van der Waals surface area contributed by atoms with Gasteiger partial charge in [-0.05, 0) is 40.9 Å². The van der Waals surface area contributed by atoms with Gasteiger partial charge in [0.05, 0.1) is 0 Å². The molecule has 0 saturated heterocycles. The third kappa shape index (κ3) is 0.926. The second kappa shape index (κ2) is 2.32. The average Bonchev–Trinajstić information content (AvgIpc) is 2.59. The van der Waals surface area contributed by atoms with Crippen LogP contribution < -0.4 is 0 Å². The Morgan fingerprint density at radius 3 is 1.92 bits per heavy atom. The predicted octanol–water partition coefficient (Wildman–Crippen LogP) is 3.96. The summed E-state index contributed by atoms with van der Waals surface area (Å²) in [6.07, 6.45) is 1.49. The second-order valence-corrected chi connectivity index (χ2v) is 6.56. The van der Waals surface area contributed by atoms with Gasteiger partial charge in [-0.25, -0.2) is 0 Å². The Labute approximate surface area is 83.1 Å². The fourth-order valence-corrected chi connectivity index (χ4v) is 4.09. The van der Waals surface area contributed by atoms with Crippen molar-refractivity contribution in [3.8, 4) is 0 Å². The van der Waals surface area contributed by atoms with Gasteiger partial charge < -0.3 is 0 Å². The summed E-state index contributed by atoms with van der Waals surface area (Å²) in [5.74, 6) is 3.82. The molecule has 0 spiro atoms. The topological polar surface area (TPSA) is 0 Å². The molecule has 0 aliphatic heterocycles. The Morgan fingerprint density at radius 2 is 1.69 bits per heavy atom. The molecule has 0 heterocycles. The first-order valence-corrected chi connectivity index (χ1v) is 5.82. The molecule has 2 aliphatic carbocycles. The summed E-state index contributed by atoms with van der Waals surface area (Å²) in [5, 5.41) is 0. The number of fused-ring (bicyclic) bond motifs is 1. The Balaban J connectivity index is 2.30. The van der Waals surface area contributed by atoms with Gasteiger partial charge >= 0.3 is 0 Å². The molecule has 0 radical (unpaired) electrons. The van der Waals surface area contributed by atoms with Crippen LogP contribution >= 0.6 is 0 Å². The van der Waals surface area contributed by atoms with E-state index in [4.69, 9.17) is 0 Å². The largest absolute Gasteiger partial charge is 0.0625 e. The van der Waals surface area contributed by atoms with E-state index in [1.165, 1.54) is 6.42 Å². The lowest BCUT2D eigenvalue weighted by Gasteiger charge is -2.36. The summed E-state index contributed by atoms with van der Waals surface area (Å²) in [7, 11) is 0. The van der Waals surface area contributed by atoms with E-state index < -0.39 is 0 Å². The molecule has 0 heteroatoms. The minimum atomic E-state index is 0.576. The third-order valence-electron chi connectivity index (χ3n) is 5.72. The zero-order valence-electron chi connectivity index (χ0n) is 10.0. The van der Waals surface area contributed by atoms with Crippen molar-refractivity contribution in [1.29, 1.82) is 0 Å². The average molecular weight is 180 g/mol. The fourth-order valence-electron chi connectivity index (χ4n) is 4.09. The van der Waals surface area contributed by atoms with Crippen molar-refractivity contribution in [2.45, 2.75) is 48.0 Å². The molecule has 0 aromatic rings. The lowest BCUT2D eigenvalue weighted by Crippen LogP contribution is -2.29. The van der Waals surface area contributed by atoms with Crippen molar-refractivity contribution in [2.24, 2.45) is 34.5 Å². The highest BCUT2D eigenvalue weighted by molar-refractivity contribution is 5.18. The maximum Gasteiger partial charge on any atom is -0.0238 e. The first kappa shape index (κ1) is 9.55. The van der Waals surface area contributed by atoms with Crippen LogP contribution in [-0.4, -0.2) is 0 Å². The van der Waals surface area contributed by atoms with Crippen LogP contribution in [0.5, 0.6) is 0 Å². The zero-order chi connectivity index (χ0) is 10.0. The van der Waals surface area contributed by atoms with Crippen molar-refractivity contribution in [1.82, 2.24) is 0 Å². The van der Waals surface area contributed by atoms with Gasteiger partial charge in [-0.2, -0.15) is 0 Å². The highest BCUT2D eigenvalue weighted by Gasteiger charge is 2.70. The molecule has 0 aromatic carbocycles. The lowest BCUT2D eigenvalue weighted by atomic mass is 9.69. The van der Waals surface area contributed by atoms with Gasteiger partial charge in [0, 0.05) is 0 Å². The molecule has 0 aromatic heterocycles. The SMILES string of the molecule is CC(C)C1C(C)C(C)(C)C2(C)CC12. The summed E-state index contributed by atoms with van der Waals surface area (Å²) in [5.41, 5.74) is 1.26. The van der Waals surface area contributed by atoms with Gasteiger partial charge in [0.1, 0.15) is 0 Å². The summed E-state index contributed by atoms with van der Waals surface area (Å²) in [6, 6.07) is 0. The van der Waals surface area contributed by atoms with E-state index in [-0.39, 0.29) is 0 Å². The minimum absolute atomic E-state index is 0.576. The molecular weight excluding hydrogens is 156 g/mol. The summed E-state index contributed by atoms with van der Waals surface area (Å²) < 4.78 is 0. The van der Waals surface area contributed by atoms with Crippen molar-refractivity contribution in [3.05, 3.63) is 0 Å². The van der Waals surface area contributed by atoms with Crippen LogP contribution in [0, 0.1) is 34.5 Å². The summed E-state index contributed by atoms with van der Waals surface area (Å²) in [6.45, 7) is 14.8. The first-order chi connectivity index (χ1) is 5.82. The smallest absolute Gasteiger partial charge is 0.0238 e. The Hall–Kier alpha value is 0.